The molecule has 5 nitrogen and oxygen atoms in total. The molecule has 0 atom stereocenters. The summed E-state index contributed by atoms with van der Waals surface area (Å²) in [5, 5.41) is 2.80. The van der Waals surface area contributed by atoms with Gasteiger partial charge in [-0.3, -0.25) is 4.79 Å². The highest BCUT2D eigenvalue weighted by Gasteiger charge is 2.19. The minimum atomic E-state index is -0.542. The van der Waals surface area contributed by atoms with Crippen molar-refractivity contribution in [3.8, 4) is 0 Å². The molecule has 0 saturated heterocycles. The van der Waals surface area contributed by atoms with Crippen molar-refractivity contribution < 1.29 is 14.3 Å². The van der Waals surface area contributed by atoms with Gasteiger partial charge in [0, 0.05) is 11.2 Å². The lowest BCUT2D eigenvalue weighted by atomic mass is 10.0. The van der Waals surface area contributed by atoms with E-state index >= 15 is 0 Å². The molecule has 1 rings (SSSR count). The molecule has 1 aromatic rings. The molecule has 0 bridgehead atoms. The Labute approximate surface area is 119 Å². The van der Waals surface area contributed by atoms with Gasteiger partial charge in [-0.05, 0) is 44.9 Å². The molecule has 5 heteroatoms. The van der Waals surface area contributed by atoms with Gasteiger partial charge in [0.2, 0.25) is 0 Å². The highest BCUT2D eigenvalue weighted by Crippen LogP contribution is 2.16. The van der Waals surface area contributed by atoms with Crippen LogP contribution in [0.3, 0.4) is 0 Å². The lowest BCUT2D eigenvalue weighted by molar-refractivity contribution is -0.125. The summed E-state index contributed by atoms with van der Waals surface area (Å²) in [7, 11) is 0. The zero-order chi connectivity index (χ0) is 15.3. The summed E-state index contributed by atoms with van der Waals surface area (Å²) in [6, 6.07) is 5.02. The first-order chi connectivity index (χ1) is 9.26. The molecule has 1 aromatic carbocycles. The molecular weight excluding hydrogens is 256 g/mol. The van der Waals surface area contributed by atoms with E-state index in [1.807, 2.05) is 20.8 Å². The van der Waals surface area contributed by atoms with E-state index in [1.165, 1.54) is 0 Å². The number of nitrogen functional groups attached to an aromatic ring is 1. The molecule has 0 aliphatic rings. The first kappa shape index (κ1) is 16.0. The molecule has 0 spiro atoms. The maximum Gasteiger partial charge on any atom is 0.338 e. The van der Waals surface area contributed by atoms with Gasteiger partial charge >= 0.3 is 5.97 Å². The summed E-state index contributed by atoms with van der Waals surface area (Å²) in [5.74, 6) is -0.856. The number of hydrogen-bond donors (Lipinski definition) is 2. The number of amides is 1. The number of rotatable bonds is 5. The van der Waals surface area contributed by atoms with Gasteiger partial charge in [0.25, 0.3) is 5.91 Å². The molecule has 0 aliphatic heterocycles. The third-order valence-corrected chi connectivity index (χ3v) is 3.29. The van der Waals surface area contributed by atoms with Crippen molar-refractivity contribution in [1.82, 2.24) is 5.32 Å². The van der Waals surface area contributed by atoms with Crippen molar-refractivity contribution in [2.45, 2.75) is 39.7 Å². The van der Waals surface area contributed by atoms with E-state index in [1.54, 1.807) is 25.1 Å². The smallest absolute Gasteiger partial charge is 0.338 e. The van der Waals surface area contributed by atoms with E-state index in [0.29, 0.717) is 16.8 Å². The summed E-state index contributed by atoms with van der Waals surface area (Å²) in [5.41, 5.74) is 6.98. The van der Waals surface area contributed by atoms with Gasteiger partial charge in [0.1, 0.15) is 0 Å². The number of nitrogens with one attached hydrogen (secondary N) is 1. The summed E-state index contributed by atoms with van der Waals surface area (Å²) < 4.78 is 5.01. The van der Waals surface area contributed by atoms with E-state index in [2.05, 4.69) is 5.32 Å². The van der Waals surface area contributed by atoms with Crippen LogP contribution in [0.4, 0.5) is 5.69 Å². The van der Waals surface area contributed by atoms with Crippen molar-refractivity contribution in [2.75, 3.05) is 12.3 Å². The van der Waals surface area contributed by atoms with Crippen molar-refractivity contribution in [3.63, 3.8) is 0 Å². The van der Waals surface area contributed by atoms with E-state index in [9.17, 15) is 9.59 Å². The standard InChI is InChI=1S/C15H22N2O3/c1-5-15(3,4)17-13(18)9-20-14(19)11-7-6-8-12(16)10(11)2/h6-8H,5,9,16H2,1-4H3,(H,17,18). The predicted octanol–water partition coefficient (Wildman–Crippen LogP) is 2.04. The Balaban J connectivity index is 2.60. The fourth-order valence-corrected chi connectivity index (χ4v) is 1.59. The fourth-order valence-electron chi connectivity index (χ4n) is 1.59. The first-order valence-electron chi connectivity index (χ1n) is 6.60. The topological polar surface area (TPSA) is 81.4 Å². The molecule has 0 aromatic heterocycles. The second kappa shape index (κ2) is 6.41. The lowest BCUT2D eigenvalue weighted by Crippen LogP contribution is -2.44. The first-order valence-corrected chi connectivity index (χ1v) is 6.60. The molecule has 3 N–H and O–H groups in total. The lowest BCUT2D eigenvalue weighted by Gasteiger charge is -2.24. The van der Waals surface area contributed by atoms with Crippen LogP contribution in [-0.2, 0) is 9.53 Å². The largest absolute Gasteiger partial charge is 0.452 e. The van der Waals surface area contributed by atoms with Gasteiger partial charge < -0.3 is 15.8 Å². The number of ether oxygens (including phenoxy) is 1. The normalized spacial score (nSPS) is 11.0. The Hall–Kier alpha value is -2.04. The number of carbonyl (C=O) groups is 2. The molecule has 0 saturated carbocycles. The van der Waals surface area contributed by atoms with Crippen LogP contribution in [0.15, 0.2) is 18.2 Å². The second-order valence-electron chi connectivity index (χ2n) is 5.38. The van der Waals surface area contributed by atoms with Gasteiger partial charge in [0.15, 0.2) is 6.61 Å². The second-order valence-corrected chi connectivity index (χ2v) is 5.38. The highest BCUT2D eigenvalue weighted by atomic mass is 16.5. The average molecular weight is 278 g/mol. The number of carbonyl (C=O) groups excluding carboxylic acids is 2. The zero-order valence-electron chi connectivity index (χ0n) is 12.4. The molecule has 0 aliphatic carbocycles. The molecule has 0 unspecified atom stereocenters. The van der Waals surface area contributed by atoms with Gasteiger partial charge in [-0.2, -0.15) is 0 Å². The number of anilines is 1. The van der Waals surface area contributed by atoms with E-state index in [-0.39, 0.29) is 18.1 Å². The molecule has 20 heavy (non-hydrogen) atoms. The molecular formula is C15H22N2O3. The summed E-state index contributed by atoms with van der Waals surface area (Å²) >= 11 is 0. The molecule has 0 fully saturated rings. The quantitative estimate of drug-likeness (QED) is 0.638. The van der Waals surface area contributed by atoms with Crippen molar-refractivity contribution in [2.24, 2.45) is 0 Å². The number of benzene rings is 1. The van der Waals surface area contributed by atoms with Gasteiger partial charge in [-0.1, -0.05) is 13.0 Å². The van der Waals surface area contributed by atoms with Crippen molar-refractivity contribution >= 4 is 17.6 Å². The average Bonchev–Trinajstić information content (AvgIpc) is 2.38. The summed E-state index contributed by atoms with van der Waals surface area (Å²) in [6.07, 6.45) is 0.793. The third kappa shape index (κ3) is 4.26. The summed E-state index contributed by atoms with van der Waals surface area (Å²) in [4.78, 5) is 23.6. The summed E-state index contributed by atoms with van der Waals surface area (Å²) in [6.45, 7) is 7.24. The van der Waals surface area contributed by atoms with E-state index < -0.39 is 5.97 Å². The Kier molecular flexibility index (Phi) is 5.13. The predicted molar refractivity (Wildman–Crippen MR) is 78.4 cm³/mol. The van der Waals surface area contributed by atoms with E-state index in [4.69, 9.17) is 10.5 Å². The highest BCUT2D eigenvalue weighted by molar-refractivity contribution is 5.94. The Morgan fingerprint density at radius 3 is 2.60 bits per heavy atom. The van der Waals surface area contributed by atoms with Crippen LogP contribution in [0, 0.1) is 6.92 Å². The molecule has 110 valence electrons. The zero-order valence-corrected chi connectivity index (χ0v) is 12.4. The SMILES string of the molecule is CCC(C)(C)NC(=O)COC(=O)c1cccc(N)c1C. The van der Waals surface area contributed by atoms with Crippen LogP contribution in [0.2, 0.25) is 0 Å². The van der Waals surface area contributed by atoms with Crippen LogP contribution in [0.5, 0.6) is 0 Å². The number of esters is 1. The van der Waals surface area contributed by atoms with Gasteiger partial charge in [-0.25, -0.2) is 4.79 Å². The Bertz CT molecular complexity index is 510. The van der Waals surface area contributed by atoms with Crippen molar-refractivity contribution in [3.05, 3.63) is 29.3 Å². The maximum absolute atomic E-state index is 11.9. The molecule has 0 radical (unpaired) electrons. The maximum atomic E-state index is 11.9. The van der Waals surface area contributed by atoms with Crippen LogP contribution in [0.1, 0.15) is 43.1 Å². The van der Waals surface area contributed by atoms with Crippen LogP contribution in [-0.4, -0.2) is 24.0 Å². The molecule has 0 heterocycles. The molecule has 1 amide bonds. The van der Waals surface area contributed by atoms with Gasteiger partial charge in [0.05, 0.1) is 5.56 Å². The fraction of sp³-hybridized carbons (Fsp3) is 0.467. The van der Waals surface area contributed by atoms with E-state index in [0.717, 1.165) is 6.42 Å². The van der Waals surface area contributed by atoms with Crippen LogP contribution >= 0.6 is 0 Å². The number of hydrogen-bond acceptors (Lipinski definition) is 4. The Morgan fingerprint density at radius 1 is 1.35 bits per heavy atom. The minimum absolute atomic E-state index is 0.295. The van der Waals surface area contributed by atoms with Crippen LogP contribution < -0.4 is 11.1 Å². The third-order valence-electron chi connectivity index (χ3n) is 3.29. The minimum Gasteiger partial charge on any atom is -0.452 e. The van der Waals surface area contributed by atoms with Crippen LogP contribution in [0.25, 0.3) is 0 Å². The van der Waals surface area contributed by atoms with Crippen molar-refractivity contribution in [1.29, 1.82) is 0 Å². The van der Waals surface area contributed by atoms with Gasteiger partial charge in [-0.15, -0.1) is 0 Å². The number of nitrogens with two attached hydrogens (primary N) is 1. The Morgan fingerprint density at radius 2 is 2.00 bits per heavy atom. The monoisotopic (exact) mass is 278 g/mol.